The van der Waals surface area contributed by atoms with Gasteiger partial charge in [-0.05, 0) is 24.3 Å². The highest BCUT2D eigenvalue weighted by Gasteiger charge is 2.06. The molecule has 0 amide bonds. The highest BCUT2D eigenvalue weighted by atomic mass is 32.2. The summed E-state index contributed by atoms with van der Waals surface area (Å²) in [5.74, 6) is -0.420. The molecule has 2 N–H and O–H groups in total. The van der Waals surface area contributed by atoms with E-state index in [4.69, 9.17) is 4.74 Å². The lowest BCUT2D eigenvalue weighted by molar-refractivity contribution is 0.304. The second-order valence-electron chi connectivity index (χ2n) is 5.21. The lowest BCUT2D eigenvalue weighted by atomic mass is 10.3. The first-order chi connectivity index (χ1) is 12.6. The molecule has 0 aromatic heterocycles. The highest BCUT2D eigenvalue weighted by molar-refractivity contribution is 7.85. The summed E-state index contributed by atoms with van der Waals surface area (Å²) in [4.78, 5) is 4.83. The Morgan fingerprint density at radius 3 is 2.54 bits per heavy atom. The van der Waals surface area contributed by atoms with Gasteiger partial charge in [-0.2, -0.15) is 0 Å². The second kappa shape index (κ2) is 10.5. The molecule has 0 saturated heterocycles. The summed E-state index contributed by atoms with van der Waals surface area (Å²) >= 11 is 0. The Hall–Kier alpha value is -2.48. The Morgan fingerprint density at radius 2 is 1.85 bits per heavy atom. The van der Waals surface area contributed by atoms with Gasteiger partial charge in [0.25, 0.3) is 0 Å². The van der Waals surface area contributed by atoms with E-state index in [2.05, 4.69) is 15.6 Å². The molecule has 0 saturated carbocycles. The second-order valence-corrected chi connectivity index (χ2v) is 6.78. The SMILES string of the molecule is CN=C(NCCOc1ccc(F)cc1F)NCCS(=O)c1ccccc1. The number of ether oxygens (including phenoxy) is 1. The van der Waals surface area contributed by atoms with Crippen LogP contribution in [0.1, 0.15) is 0 Å². The van der Waals surface area contributed by atoms with Crippen LogP contribution in [0.25, 0.3) is 0 Å². The number of halogens is 2. The van der Waals surface area contributed by atoms with Gasteiger partial charge < -0.3 is 15.4 Å². The molecule has 0 aliphatic heterocycles. The largest absolute Gasteiger partial charge is 0.489 e. The Kier molecular flexibility index (Phi) is 8.01. The van der Waals surface area contributed by atoms with E-state index in [1.807, 2.05) is 30.3 Å². The molecule has 0 fully saturated rings. The number of hydrogen-bond donors (Lipinski definition) is 2. The third kappa shape index (κ3) is 6.44. The Morgan fingerprint density at radius 1 is 1.12 bits per heavy atom. The Labute approximate surface area is 153 Å². The number of benzene rings is 2. The van der Waals surface area contributed by atoms with E-state index in [9.17, 15) is 13.0 Å². The van der Waals surface area contributed by atoms with E-state index in [-0.39, 0.29) is 12.4 Å². The molecule has 2 aromatic rings. The first-order valence-electron chi connectivity index (χ1n) is 8.06. The summed E-state index contributed by atoms with van der Waals surface area (Å²) in [5.41, 5.74) is 0. The third-order valence-electron chi connectivity index (χ3n) is 3.36. The number of nitrogens with zero attached hydrogens (tertiary/aromatic N) is 1. The zero-order valence-electron chi connectivity index (χ0n) is 14.4. The standard InChI is InChI=1S/C18H21F2N3O2S/c1-21-18(23-10-12-26(24)15-5-3-2-4-6-15)22-9-11-25-17-8-7-14(19)13-16(17)20/h2-8,13H,9-12H2,1H3,(H2,21,22,23). The number of nitrogens with one attached hydrogen (secondary N) is 2. The van der Waals surface area contributed by atoms with Crippen LogP contribution < -0.4 is 15.4 Å². The molecule has 5 nitrogen and oxygen atoms in total. The van der Waals surface area contributed by atoms with Crippen LogP contribution in [-0.2, 0) is 10.8 Å². The van der Waals surface area contributed by atoms with Gasteiger partial charge in [0.2, 0.25) is 0 Å². The van der Waals surface area contributed by atoms with Gasteiger partial charge in [0.05, 0.1) is 17.3 Å². The van der Waals surface area contributed by atoms with Crippen LogP contribution in [0.4, 0.5) is 8.78 Å². The van der Waals surface area contributed by atoms with Crippen molar-refractivity contribution in [3.05, 3.63) is 60.2 Å². The number of aliphatic imine (C=N–C) groups is 1. The molecule has 1 atom stereocenters. The van der Waals surface area contributed by atoms with E-state index in [0.717, 1.165) is 17.0 Å². The van der Waals surface area contributed by atoms with Crippen LogP contribution in [0.15, 0.2) is 58.4 Å². The lowest BCUT2D eigenvalue weighted by Crippen LogP contribution is -2.40. The number of guanidine groups is 1. The van der Waals surface area contributed by atoms with E-state index < -0.39 is 22.4 Å². The van der Waals surface area contributed by atoms with Crippen LogP contribution in [0, 0.1) is 11.6 Å². The minimum absolute atomic E-state index is 0.00518. The topological polar surface area (TPSA) is 62.7 Å². The van der Waals surface area contributed by atoms with Gasteiger partial charge in [0, 0.05) is 30.3 Å². The molecule has 0 heterocycles. The maximum atomic E-state index is 13.4. The van der Waals surface area contributed by atoms with Crippen LogP contribution >= 0.6 is 0 Å². The first-order valence-corrected chi connectivity index (χ1v) is 9.38. The molecule has 1 unspecified atom stereocenters. The van der Waals surface area contributed by atoms with E-state index in [1.54, 1.807) is 7.05 Å². The molecule has 0 radical (unpaired) electrons. The van der Waals surface area contributed by atoms with Crippen molar-refractivity contribution >= 4 is 16.8 Å². The summed E-state index contributed by atoms with van der Waals surface area (Å²) < 4.78 is 43.6. The van der Waals surface area contributed by atoms with Crippen LogP contribution in [0.3, 0.4) is 0 Å². The van der Waals surface area contributed by atoms with Crippen molar-refractivity contribution in [2.45, 2.75) is 4.90 Å². The van der Waals surface area contributed by atoms with Gasteiger partial charge in [-0.3, -0.25) is 9.20 Å². The normalized spacial score (nSPS) is 12.5. The van der Waals surface area contributed by atoms with Crippen molar-refractivity contribution in [1.29, 1.82) is 0 Å². The van der Waals surface area contributed by atoms with Gasteiger partial charge in [0.1, 0.15) is 12.4 Å². The van der Waals surface area contributed by atoms with E-state index in [1.165, 1.54) is 6.07 Å². The molecule has 2 aromatic carbocycles. The molecule has 0 spiro atoms. The predicted octanol–water partition coefficient (Wildman–Crippen LogP) is 2.32. The van der Waals surface area contributed by atoms with Crippen molar-refractivity contribution in [1.82, 2.24) is 10.6 Å². The average molecular weight is 381 g/mol. The third-order valence-corrected chi connectivity index (χ3v) is 4.73. The van der Waals surface area contributed by atoms with Gasteiger partial charge in [-0.15, -0.1) is 0 Å². The zero-order chi connectivity index (χ0) is 18.8. The minimum Gasteiger partial charge on any atom is -0.489 e. The molecule has 8 heteroatoms. The van der Waals surface area contributed by atoms with Crippen LogP contribution in [0.5, 0.6) is 5.75 Å². The van der Waals surface area contributed by atoms with Gasteiger partial charge in [-0.1, -0.05) is 18.2 Å². The van der Waals surface area contributed by atoms with Crippen molar-refractivity contribution in [2.24, 2.45) is 4.99 Å². The fraction of sp³-hybridized carbons (Fsp3) is 0.278. The fourth-order valence-electron chi connectivity index (χ4n) is 2.10. The monoisotopic (exact) mass is 381 g/mol. The molecule has 26 heavy (non-hydrogen) atoms. The maximum absolute atomic E-state index is 13.4. The molecule has 0 aliphatic carbocycles. The summed E-state index contributed by atoms with van der Waals surface area (Å²) in [7, 11) is 0.534. The maximum Gasteiger partial charge on any atom is 0.191 e. The molecule has 0 aliphatic rings. The van der Waals surface area contributed by atoms with E-state index in [0.29, 0.717) is 24.8 Å². The minimum atomic E-state index is -1.08. The molecule has 140 valence electrons. The summed E-state index contributed by atoms with van der Waals surface area (Å²) in [6.07, 6.45) is 0. The Balaban J connectivity index is 1.67. The number of rotatable bonds is 8. The van der Waals surface area contributed by atoms with Crippen LogP contribution in [0.2, 0.25) is 0 Å². The molecule has 0 bridgehead atoms. The smallest absolute Gasteiger partial charge is 0.191 e. The summed E-state index contributed by atoms with van der Waals surface area (Å²) in [5, 5.41) is 6.06. The zero-order valence-corrected chi connectivity index (χ0v) is 15.2. The highest BCUT2D eigenvalue weighted by Crippen LogP contribution is 2.17. The van der Waals surface area contributed by atoms with Crippen molar-refractivity contribution < 1.29 is 17.7 Å². The average Bonchev–Trinajstić information content (AvgIpc) is 2.65. The van der Waals surface area contributed by atoms with Gasteiger partial charge in [0.15, 0.2) is 17.5 Å². The van der Waals surface area contributed by atoms with Crippen molar-refractivity contribution in [3.8, 4) is 5.75 Å². The summed E-state index contributed by atoms with van der Waals surface area (Å²) in [6, 6.07) is 12.4. The fourth-order valence-corrected chi connectivity index (χ4v) is 3.08. The lowest BCUT2D eigenvalue weighted by Gasteiger charge is -2.12. The van der Waals surface area contributed by atoms with Gasteiger partial charge >= 0.3 is 0 Å². The van der Waals surface area contributed by atoms with Crippen molar-refractivity contribution in [2.75, 3.05) is 32.5 Å². The first kappa shape index (κ1) is 19.8. The molecular weight excluding hydrogens is 360 g/mol. The predicted molar refractivity (Wildman–Crippen MR) is 98.9 cm³/mol. The van der Waals surface area contributed by atoms with Gasteiger partial charge in [-0.25, -0.2) is 8.78 Å². The van der Waals surface area contributed by atoms with Crippen molar-refractivity contribution in [3.63, 3.8) is 0 Å². The number of hydrogen-bond acceptors (Lipinski definition) is 3. The quantitative estimate of drug-likeness (QED) is 0.419. The molecular formula is C18H21F2N3O2S. The van der Waals surface area contributed by atoms with E-state index >= 15 is 0 Å². The van der Waals surface area contributed by atoms with Crippen LogP contribution in [-0.4, -0.2) is 42.7 Å². The molecule has 2 rings (SSSR count). The Bertz CT molecular complexity index is 757. The summed E-state index contributed by atoms with van der Waals surface area (Å²) in [6.45, 7) is 1.03.